The number of anilines is 1. The number of rotatable bonds is 6. The lowest BCUT2D eigenvalue weighted by Gasteiger charge is -2.06. The van der Waals surface area contributed by atoms with Gasteiger partial charge in [-0.1, -0.05) is 30.3 Å². The first-order valence-corrected chi connectivity index (χ1v) is 8.30. The first-order chi connectivity index (χ1) is 12.3. The molecule has 0 aromatic heterocycles. The van der Waals surface area contributed by atoms with Crippen LogP contribution in [-0.2, 0) is 9.59 Å². The molecule has 2 rings (SSSR count). The summed E-state index contributed by atoms with van der Waals surface area (Å²) in [4.78, 5) is 23.5. The zero-order chi connectivity index (χ0) is 19.0. The van der Waals surface area contributed by atoms with Crippen molar-refractivity contribution in [2.45, 2.75) is 10.4 Å². The molecule has 0 spiro atoms. The maximum atomic E-state index is 12.2. The summed E-state index contributed by atoms with van der Waals surface area (Å²) in [5.41, 5.74) is -3.14. The normalized spacial score (nSPS) is 11.3. The number of hydrogen-bond donors (Lipinski definition) is 2. The second kappa shape index (κ2) is 9.10. The second-order valence-electron chi connectivity index (χ2n) is 5.08. The number of hydrogen-bond acceptors (Lipinski definition) is 3. The molecule has 4 nitrogen and oxygen atoms in total. The van der Waals surface area contributed by atoms with E-state index in [4.69, 9.17) is 0 Å². The topological polar surface area (TPSA) is 58.2 Å². The maximum Gasteiger partial charge on any atom is 0.446 e. The van der Waals surface area contributed by atoms with Crippen LogP contribution in [-0.4, -0.2) is 23.9 Å². The second-order valence-corrected chi connectivity index (χ2v) is 6.22. The Morgan fingerprint density at radius 3 is 2.27 bits per heavy atom. The molecular weight excluding hydrogens is 365 g/mol. The summed E-state index contributed by atoms with van der Waals surface area (Å²) in [6, 6.07) is 14.4. The van der Waals surface area contributed by atoms with Gasteiger partial charge in [-0.15, -0.1) is 0 Å². The molecule has 2 aromatic carbocycles. The van der Waals surface area contributed by atoms with E-state index in [1.165, 1.54) is 36.4 Å². The molecule has 26 heavy (non-hydrogen) atoms. The Morgan fingerprint density at radius 2 is 1.65 bits per heavy atom. The Hall–Kier alpha value is -2.74. The number of nitrogens with one attached hydrogen (secondary N) is 2. The molecular formula is C18H15F3N2O2S. The molecule has 8 heteroatoms. The highest BCUT2D eigenvalue weighted by atomic mass is 32.2. The largest absolute Gasteiger partial charge is 0.446 e. The molecule has 2 amide bonds. The molecule has 0 atom stereocenters. The van der Waals surface area contributed by atoms with Crippen molar-refractivity contribution in [2.75, 3.05) is 11.9 Å². The van der Waals surface area contributed by atoms with Crippen molar-refractivity contribution in [1.29, 1.82) is 0 Å². The zero-order valence-corrected chi connectivity index (χ0v) is 14.2. The highest BCUT2D eigenvalue weighted by Crippen LogP contribution is 2.36. The van der Waals surface area contributed by atoms with Crippen molar-refractivity contribution in [3.8, 4) is 0 Å². The van der Waals surface area contributed by atoms with Gasteiger partial charge in [-0.05, 0) is 47.7 Å². The molecule has 0 aliphatic carbocycles. The van der Waals surface area contributed by atoms with E-state index in [-0.39, 0.29) is 29.1 Å². The number of carbonyl (C=O) groups excluding carboxylic acids is 2. The van der Waals surface area contributed by atoms with Gasteiger partial charge in [0.05, 0.1) is 6.54 Å². The Balaban J connectivity index is 1.79. The van der Waals surface area contributed by atoms with Crippen molar-refractivity contribution in [1.82, 2.24) is 5.32 Å². The minimum atomic E-state index is -4.34. The van der Waals surface area contributed by atoms with E-state index >= 15 is 0 Å². The van der Waals surface area contributed by atoms with Gasteiger partial charge >= 0.3 is 5.51 Å². The van der Waals surface area contributed by atoms with Crippen molar-refractivity contribution >= 4 is 35.3 Å². The van der Waals surface area contributed by atoms with Gasteiger partial charge in [0.15, 0.2) is 0 Å². The van der Waals surface area contributed by atoms with Crippen LogP contribution in [0.25, 0.3) is 6.08 Å². The van der Waals surface area contributed by atoms with Crippen molar-refractivity contribution in [3.63, 3.8) is 0 Å². The molecule has 0 saturated carbocycles. The highest BCUT2D eigenvalue weighted by Gasteiger charge is 2.28. The number of benzene rings is 2. The van der Waals surface area contributed by atoms with Gasteiger partial charge in [0, 0.05) is 16.7 Å². The molecule has 0 radical (unpaired) electrons. The summed E-state index contributed by atoms with van der Waals surface area (Å²) in [5, 5.41) is 5.05. The van der Waals surface area contributed by atoms with Crippen LogP contribution >= 0.6 is 11.8 Å². The minimum absolute atomic E-state index is 0.0664. The Morgan fingerprint density at radius 1 is 1.00 bits per heavy atom. The van der Waals surface area contributed by atoms with Crippen LogP contribution in [0.4, 0.5) is 18.9 Å². The highest BCUT2D eigenvalue weighted by molar-refractivity contribution is 8.00. The fraction of sp³-hybridized carbons (Fsp3) is 0.111. The van der Waals surface area contributed by atoms with Gasteiger partial charge in [-0.3, -0.25) is 9.59 Å². The van der Waals surface area contributed by atoms with Crippen LogP contribution in [0.3, 0.4) is 0 Å². The number of alkyl halides is 3. The lowest BCUT2D eigenvalue weighted by molar-refractivity contribution is -0.121. The van der Waals surface area contributed by atoms with Gasteiger partial charge in [-0.2, -0.15) is 13.2 Å². The van der Waals surface area contributed by atoms with Gasteiger partial charge in [0.2, 0.25) is 11.8 Å². The van der Waals surface area contributed by atoms with Crippen molar-refractivity contribution < 1.29 is 22.8 Å². The summed E-state index contributed by atoms with van der Waals surface area (Å²) in [5.74, 6) is -0.853. The molecule has 0 aliphatic heterocycles. The molecule has 136 valence electrons. The standard InChI is InChI=1S/C18H15F3N2O2S/c19-18(20,21)26-15-9-6-13(7-10-15)8-11-16(24)22-12-17(25)23-14-4-2-1-3-5-14/h1-11H,12H2,(H,22,24)(H,23,25). The molecule has 0 fully saturated rings. The average Bonchev–Trinajstić information content (AvgIpc) is 2.59. The minimum Gasteiger partial charge on any atom is -0.343 e. The number of carbonyl (C=O) groups is 2. The predicted octanol–water partition coefficient (Wildman–Crippen LogP) is 4.07. The third-order valence-electron chi connectivity index (χ3n) is 3.02. The summed E-state index contributed by atoms with van der Waals surface area (Å²) in [6.45, 7) is -0.195. The van der Waals surface area contributed by atoms with E-state index in [0.29, 0.717) is 11.3 Å². The Bertz CT molecular complexity index is 775. The zero-order valence-electron chi connectivity index (χ0n) is 13.4. The van der Waals surface area contributed by atoms with Crippen molar-refractivity contribution in [3.05, 3.63) is 66.2 Å². The maximum absolute atomic E-state index is 12.2. The SMILES string of the molecule is O=C(C=Cc1ccc(SC(F)(F)F)cc1)NCC(=O)Nc1ccccc1. The first-order valence-electron chi connectivity index (χ1n) is 7.48. The van der Waals surface area contributed by atoms with Crippen LogP contribution < -0.4 is 10.6 Å². The van der Waals surface area contributed by atoms with Crippen LogP contribution in [0.2, 0.25) is 0 Å². The summed E-state index contributed by atoms with van der Waals surface area (Å²) in [7, 11) is 0. The van der Waals surface area contributed by atoms with Gasteiger partial charge in [0.1, 0.15) is 0 Å². The lowest BCUT2D eigenvalue weighted by Crippen LogP contribution is -2.31. The first kappa shape index (κ1) is 19.6. The Kier molecular flexibility index (Phi) is 6.85. The summed E-state index contributed by atoms with van der Waals surface area (Å²) < 4.78 is 36.7. The smallest absolute Gasteiger partial charge is 0.343 e. The van der Waals surface area contributed by atoms with Crippen LogP contribution in [0.5, 0.6) is 0 Å². The third kappa shape index (κ3) is 7.43. The molecule has 2 aromatic rings. The number of thioether (sulfide) groups is 1. The number of para-hydroxylation sites is 1. The molecule has 0 bridgehead atoms. The lowest BCUT2D eigenvalue weighted by atomic mass is 10.2. The number of halogens is 3. The average molecular weight is 380 g/mol. The molecule has 0 heterocycles. The summed E-state index contributed by atoms with van der Waals surface area (Å²) >= 11 is -0.202. The van der Waals surface area contributed by atoms with Gasteiger partial charge < -0.3 is 10.6 Å². The van der Waals surface area contributed by atoms with Crippen LogP contribution in [0.1, 0.15) is 5.56 Å². The number of amides is 2. The van der Waals surface area contributed by atoms with E-state index < -0.39 is 11.4 Å². The monoisotopic (exact) mass is 380 g/mol. The van der Waals surface area contributed by atoms with E-state index in [0.717, 1.165) is 0 Å². The third-order valence-corrected chi connectivity index (χ3v) is 3.76. The van der Waals surface area contributed by atoms with Crippen LogP contribution in [0, 0.1) is 0 Å². The van der Waals surface area contributed by atoms with Crippen molar-refractivity contribution in [2.24, 2.45) is 0 Å². The molecule has 2 N–H and O–H groups in total. The van der Waals surface area contributed by atoms with Gasteiger partial charge in [0.25, 0.3) is 0 Å². The van der Waals surface area contributed by atoms with E-state index in [9.17, 15) is 22.8 Å². The molecule has 0 unspecified atom stereocenters. The van der Waals surface area contributed by atoms with E-state index in [1.807, 2.05) is 6.07 Å². The van der Waals surface area contributed by atoms with Crippen LogP contribution in [0.15, 0.2) is 65.6 Å². The molecule has 0 aliphatic rings. The fourth-order valence-corrected chi connectivity index (χ4v) is 2.44. The van der Waals surface area contributed by atoms with E-state index in [1.54, 1.807) is 24.3 Å². The van der Waals surface area contributed by atoms with Gasteiger partial charge in [-0.25, -0.2) is 0 Å². The molecule has 0 saturated heterocycles. The predicted molar refractivity (Wildman–Crippen MR) is 95.5 cm³/mol. The quantitative estimate of drug-likeness (QED) is 0.587. The van der Waals surface area contributed by atoms with E-state index in [2.05, 4.69) is 10.6 Å². The summed E-state index contributed by atoms with van der Waals surface area (Å²) in [6.07, 6.45) is 2.66. The fourth-order valence-electron chi connectivity index (χ4n) is 1.91. The Labute approximate surface area is 152 Å².